The van der Waals surface area contributed by atoms with E-state index in [0.717, 1.165) is 29.7 Å². The largest absolute Gasteiger partial charge is 0.454 e. The van der Waals surface area contributed by atoms with Crippen LogP contribution in [0.2, 0.25) is 0 Å². The molecule has 0 aliphatic carbocycles. The molecule has 0 bridgehead atoms. The number of hydrogen-bond donors (Lipinski definition) is 2. The van der Waals surface area contributed by atoms with Crippen molar-refractivity contribution in [3.05, 3.63) is 48.3 Å². The minimum Gasteiger partial charge on any atom is -0.454 e. The molecule has 1 unspecified atom stereocenters. The summed E-state index contributed by atoms with van der Waals surface area (Å²) in [5, 5.41) is 5.82. The van der Waals surface area contributed by atoms with E-state index in [0.29, 0.717) is 36.8 Å². The normalized spacial score (nSPS) is 16.9. The van der Waals surface area contributed by atoms with Gasteiger partial charge in [-0.15, -0.1) is 0 Å². The van der Waals surface area contributed by atoms with Crippen LogP contribution in [0.25, 0.3) is 11.0 Å². The maximum absolute atomic E-state index is 12.8. The zero-order chi connectivity index (χ0) is 21.9. The van der Waals surface area contributed by atoms with Gasteiger partial charge in [0.05, 0.1) is 11.0 Å². The highest BCUT2D eigenvalue weighted by Crippen LogP contribution is 2.34. The molecule has 9 heteroatoms. The molecule has 3 heterocycles. The number of hydrogen-bond acceptors (Lipinski definition) is 6. The van der Waals surface area contributed by atoms with Crippen LogP contribution in [0, 0.1) is 0 Å². The van der Waals surface area contributed by atoms with Crippen LogP contribution >= 0.6 is 0 Å². The molecule has 2 aliphatic rings. The molecule has 1 saturated heterocycles. The molecule has 166 valence electrons. The number of imidazole rings is 1. The maximum atomic E-state index is 12.8. The Hall–Kier alpha value is -3.59. The van der Waals surface area contributed by atoms with Gasteiger partial charge in [-0.2, -0.15) is 0 Å². The molecule has 2 aliphatic heterocycles. The first-order chi connectivity index (χ1) is 15.7. The fourth-order valence-electron chi connectivity index (χ4n) is 4.01. The lowest BCUT2D eigenvalue weighted by molar-refractivity contribution is -0.130. The smallest absolute Gasteiger partial charge is 0.249 e. The van der Waals surface area contributed by atoms with E-state index in [9.17, 15) is 9.59 Å². The molecule has 0 radical (unpaired) electrons. The summed E-state index contributed by atoms with van der Waals surface area (Å²) in [4.78, 5) is 29.7. The van der Waals surface area contributed by atoms with Gasteiger partial charge < -0.3 is 29.4 Å². The highest BCUT2D eigenvalue weighted by atomic mass is 16.7. The Bertz CT molecular complexity index is 1150. The van der Waals surface area contributed by atoms with Gasteiger partial charge in [-0.3, -0.25) is 9.59 Å². The second kappa shape index (κ2) is 8.88. The van der Waals surface area contributed by atoms with Crippen molar-refractivity contribution in [3.63, 3.8) is 0 Å². The van der Waals surface area contributed by atoms with Gasteiger partial charge in [0.25, 0.3) is 0 Å². The minimum absolute atomic E-state index is 0.0919. The molecule has 1 atom stereocenters. The van der Waals surface area contributed by atoms with Crippen LogP contribution in [0.4, 0.5) is 5.69 Å². The predicted octanol–water partition coefficient (Wildman–Crippen LogP) is 2.24. The monoisotopic (exact) mass is 436 g/mol. The topological polar surface area (TPSA) is 104 Å². The SMILES string of the molecule is O=C(Cn1c(CCNC(=O)C2CCCO2)nc2ccccc21)Nc1ccc2c(c1)OCO2. The number of para-hydroxylation sites is 2. The zero-order valence-electron chi connectivity index (χ0n) is 17.5. The van der Waals surface area contributed by atoms with E-state index in [1.165, 1.54) is 0 Å². The summed E-state index contributed by atoms with van der Waals surface area (Å²) in [5.74, 6) is 1.73. The quantitative estimate of drug-likeness (QED) is 0.589. The lowest BCUT2D eigenvalue weighted by Crippen LogP contribution is -2.35. The molecule has 1 aromatic heterocycles. The van der Waals surface area contributed by atoms with E-state index < -0.39 is 0 Å². The van der Waals surface area contributed by atoms with Crippen molar-refractivity contribution >= 4 is 28.5 Å². The van der Waals surface area contributed by atoms with E-state index in [1.807, 2.05) is 28.8 Å². The molecule has 0 spiro atoms. The number of ether oxygens (including phenoxy) is 3. The molecule has 3 aromatic rings. The number of nitrogens with one attached hydrogen (secondary N) is 2. The summed E-state index contributed by atoms with van der Waals surface area (Å²) in [5.41, 5.74) is 2.31. The lowest BCUT2D eigenvalue weighted by atomic mass is 10.2. The van der Waals surface area contributed by atoms with Crippen LogP contribution in [-0.4, -0.2) is 47.4 Å². The van der Waals surface area contributed by atoms with Crippen molar-refractivity contribution in [2.75, 3.05) is 25.3 Å². The van der Waals surface area contributed by atoms with Crippen molar-refractivity contribution in [2.45, 2.75) is 31.9 Å². The summed E-state index contributed by atoms with van der Waals surface area (Å²) in [6.45, 7) is 1.34. The third-order valence-electron chi connectivity index (χ3n) is 5.56. The van der Waals surface area contributed by atoms with Gasteiger partial charge in [0.2, 0.25) is 18.6 Å². The average Bonchev–Trinajstić information content (AvgIpc) is 3.54. The van der Waals surface area contributed by atoms with Crippen LogP contribution in [-0.2, 0) is 27.3 Å². The Kier molecular flexibility index (Phi) is 5.64. The molecule has 5 rings (SSSR count). The Morgan fingerprint density at radius 3 is 2.88 bits per heavy atom. The molecule has 2 aromatic carbocycles. The number of aromatic nitrogens is 2. The van der Waals surface area contributed by atoms with Crippen molar-refractivity contribution < 1.29 is 23.8 Å². The average molecular weight is 436 g/mol. The van der Waals surface area contributed by atoms with E-state index in [-0.39, 0.29) is 31.3 Å². The van der Waals surface area contributed by atoms with Crippen LogP contribution in [0.15, 0.2) is 42.5 Å². The number of rotatable bonds is 7. The Morgan fingerprint density at radius 2 is 2.00 bits per heavy atom. The summed E-state index contributed by atoms with van der Waals surface area (Å²) in [7, 11) is 0. The minimum atomic E-state index is -0.360. The Balaban J connectivity index is 1.27. The van der Waals surface area contributed by atoms with Crippen molar-refractivity contribution in [3.8, 4) is 11.5 Å². The zero-order valence-corrected chi connectivity index (χ0v) is 17.5. The first kappa shape index (κ1) is 20.3. The first-order valence-electron chi connectivity index (χ1n) is 10.7. The standard InChI is InChI=1S/C23H24N4O5/c28-22(25-15-7-8-18-20(12-15)32-14-31-18)13-27-17-5-2-1-4-16(17)26-21(27)9-10-24-23(29)19-6-3-11-30-19/h1-2,4-5,7-8,12,19H,3,6,9-11,13-14H2,(H,24,29)(H,25,28). The summed E-state index contributed by atoms with van der Waals surface area (Å²) >= 11 is 0. The molecule has 0 saturated carbocycles. The highest BCUT2D eigenvalue weighted by molar-refractivity contribution is 5.92. The van der Waals surface area contributed by atoms with E-state index in [4.69, 9.17) is 14.2 Å². The van der Waals surface area contributed by atoms with Gasteiger partial charge in [-0.1, -0.05) is 12.1 Å². The second-order valence-corrected chi connectivity index (χ2v) is 7.76. The molecule has 2 amide bonds. The Morgan fingerprint density at radius 1 is 1.12 bits per heavy atom. The van der Waals surface area contributed by atoms with Gasteiger partial charge >= 0.3 is 0 Å². The number of fused-ring (bicyclic) bond motifs is 2. The Labute approximate surface area is 184 Å². The molecular weight excluding hydrogens is 412 g/mol. The molecule has 9 nitrogen and oxygen atoms in total. The number of carbonyl (C=O) groups is 2. The second-order valence-electron chi connectivity index (χ2n) is 7.76. The predicted molar refractivity (Wildman–Crippen MR) is 117 cm³/mol. The van der Waals surface area contributed by atoms with E-state index in [1.54, 1.807) is 18.2 Å². The van der Waals surface area contributed by atoms with Crippen LogP contribution in [0.5, 0.6) is 11.5 Å². The molecule has 1 fully saturated rings. The summed E-state index contributed by atoms with van der Waals surface area (Å²) in [6.07, 6.45) is 1.81. The van der Waals surface area contributed by atoms with Crippen LogP contribution in [0.3, 0.4) is 0 Å². The summed E-state index contributed by atoms with van der Waals surface area (Å²) < 4.78 is 18.0. The molecular formula is C23H24N4O5. The number of anilines is 1. The van der Waals surface area contributed by atoms with Gasteiger partial charge in [-0.25, -0.2) is 4.98 Å². The number of nitrogens with zero attached hydrogens (tertiary/aromatic N) is 2. The summed E-state index contributed by atoms with van der Waals surface area (Å²) in [6, 6.07) is 13.0. The van der Waals surface area contributed by atoms with Crippen molar-refractivity contribution in [2.24, 2.45) is 0 Å². The number of benzene rings is 2. The molecule has 2 N–H and O–H groups in total. The van der Waals surface area contributed by atoms with Crippen LogP contribution < -0.4 is 20.1 Å². The van der Waals surface area contributed by atoms with Crippen molar-refractivity contribution in [1.29, 1.82) is 0 Å². The maximum Gasteiger partial charge on any atom is 0.249 e. The van der Waals surface area contributed by atoms with Crippen LogP contribution in [0.1, 0.15) is 18.7 Å². The third-order valence-corrected chi connectivity index (χ3v) is 5.56. The number of carbonyl (C=O) groups excluding carboxylic acids is 2. The molecule has 32 heavy (non-hydrogen) atoms. The highest BCUT2D eigenvalue weighted by Gasteiger charge is 2.23. The third kappa shape index (κ3) is 4.24. The van der Waals surface area contributed by atoms with E-state index >= 15 is 0 Å². The van der Waals surface area contributed by atoms with Gasteiger partial charge in [0, 0.05) is 31.3 Å². The van der Waals surface area contributed by atoms with Gasteiger partial charge in [0.1, 0.15) is 18.5 Å². The number of amides is 2. The van der Waals surface area contributed by atoms with Gasteiger partial charge in [0.15, 0.2) is 11.5 Å². The lowest BCUT2D eigenvalue weighted by Gasteiger charge is -2.12. The fourth-order valence-corrected chi connectivity index (χ4v) is 4.01. The van der Waals surface area contributed by atoms with Crippen molar-refractivity contribution in [1.82, 2.24) is 14.9 Å². The fraction of sp³-hybridized carbons (Fsp3) is 0.348. The van der Waals surface area contributed by atoms with Gasteiger partial charge in [-0.05, 0) is 37.1 Å². The first-order valence-corrected chi connectivity index (χ1v) is 10.7. The van der Waals surface area contributed by atoms with E-state index in [2.05, 4.69) is 15.6 Å².